The lowest BCUT2D eigenvalue weighted by Gasteiger charge is -2.08. The average molecular weight is 579 g/mol. The van der Waals surface area contributed by atoms with E-state index in [0.29, 0.717) is 24.3 Å². The summed E-state index contributed by atoms with van der Waals surface area (Å²) in [5.74, 6) is -0.948. The van der Waals surface area contributed by atoms with Gasteiger partial charge in [0.25, 0.3) is 0 Å². The lowest BCUT2D eigenvalue weighted by molar-refractivity contribution is -0.538. The number of hydrogen-bond acceptors (Lipinski definition) is 8. The molecular formula is C32H38N2O8. The van der Waals surface area contributed by atoms with Crippen LogP contribution in [0, 0.1) is 13.8 Å². The Balaban J connectivity index is 0.000000230. The molecule has 0 spiro atoms. The Morgan fingerprint density at radius 3 is 1.48 bits per heavy atom. The summed E-state index contributed by atoms with van der Waals surface area (Å²) >= 11 is 0. The number of benzene rings is 2. The third-order valence-corrected chi connectivity index (χ3v) is 7.28. The molecule has 2 aliphatic rings. The van der Waals surface area contributed by atoms with E-state index in [1.807, 2.05) is 24.3 Å². The molecule has 2 aliphatic heterocycles. The van der Waals surface area contributed by atoms with E-state index in [1.54, 1.807) is 59.7 Å². The van der Waals surface area contributed by atoms with E-state index in [2.05, 4.69) is 0 Å². The van der Waals surface area contributed by atoms with Crippen molar-refractivity contribution < 1.29 is 48.6 Å². The fourth-order valence-electron chi connectivity index (χ4n) is 5.02. The lowest BCUT2D eigenvalue weighted by atomic mass is 10.1. The molecule has 0 amide bonds. The molecule has 2 heterocycles. The van der Waals surface area contributed by atoms with Gasteiger partial charge < -0.3 is 39.5 Å². The summed E-state index contributed by atoms with van der Waals surface area (Å²) in [6.07, 6.45) is 13.8. The number of phenolic OH excluding ortho intramolecular Hbond substituents is 2. The summed E-state index contributed by atoms with van der Waals surface area (Å²) in [4.78, 5) is 21.9. The smallest absolute Gasteiger partial charge is 0.192 e. The third kappa shape index (κ3) is 8.22. The number of phenols is 2. The van der Waals surface area contributed by atoms with Crippen LogP contribution in [0.15, 0.2) is 36.4 Å². The van der Waals surface area contributed by atoms with Gasteiger partial charge in [-0.3, -0.25) is 0 Å². The Morgan fingerprint density at radius 1 is 0.762 bits per heavy atom. The molecule has 10 heteroatoms. The van der Waals surface area contributed by atoms with Crippen LogP contribution in [0.2, 0.25) is 0 Å². The minimum Gasteiger partial charge on any atom is -0.543 e. The molecule has 0 radical (unpaired) electrons. The molecule has 2 aromatic rings. The molecule has 2 saturated heterocycles. The monoisotopic (exact) mass is 578 g/mol. The number of carbonyl (C=O) groups is 2. The first-order valence-electron chi connectivity index (χ1n) is 13.8. The van der Waals surface area contributed by atoms with Crippen molar-refractivity contribution in [2.45, 2.75) is 51.6 Å². The van der Waals surface area contributed by atoms with E-state index < -0.39 is 24.0 Å². The van der Waals surface area contributed by atoms with Crippen LogP contribution in [0.1, 0.15) is 47.9 Å². The van der Waals surface area contributed by atoms with Crippen molar-refractivity contribution in [3.63, 3.8) is 0 Å². The molecule has 0 aromatic heterocycles. The first kappa shape index (κ1) is 31.9. The minimum absolute atomic E-state index is 0.134. The molecule has 2 aromatic carbocycles. The van der Waals surface area contributed by atoms with E-state index in [4.69, 9.17) is 9.47 Å². The Labute approximate surface area is 245 Å². The van der Waals surface area contributed by atoms with E-state index in [9.17, 15) is 30.0 Å². The number of nitrogens with zero attached hydrogens (tertiary/aromatic N) is 2. The topological polar surface area (TPSA) is 145 Å². The first-order chi connectivity index (χ1) is 20.0. The van der Waals surface area contributed by atoms with Crippen molar-refractivity contribution in [3.05, 3.63) is 58.7 Å². The zero-order chi connectivity index (χ0) is 30.8. The summed E-state index contributed by atoms with van der Waals surface area (Å²) in [6.45, 7) is 5.04. The van der Waals surface area contributed by atoms with Crippen molar-refractivity contribution in [3.8, 4) is 23.0 Å². The van der Waals surface area contributed by atoms with Gasteiger partial charge in [0.1, 0.15) is 25.0 Å². The normalized spacial score (nSPS) is 20.3. The highest BCUT2D eigenvalue weighted by Crippen LogP contribution is 2.32. The highest BCUT2D eigenvalue weighted by atomic mass is 16.5. The maximum absolute atomic E-state index is 11.0. The van der Waals surface area contributed by atoms with Crippen LogP contribution in [0.25, 0.3) is 12.2 Å². The molecule has 0 unspecified atom stereocenters. The van der Waals surface area contributed by atoms with Crippen molar-refractivity contribution in [2.24, 2.45) is 0 Å². The number of rotatable bonds is 8. The molecule has 0 saturated carbocycles. The van der Waals surface area contributed by atoms with Gasteiger partial charge in [0.2, 0.25) is 0 Å². The number of carboxylic acid groups (broad SMARTS) is 2. The second-order valence-corrected chi connectivity index (χ2v) is 10.2. The zero-order valence-corrected chi connectivity index (χ0v) is 24.4. The van der Waals surface area contributed by atoms with Gasteiger partial charge in [-0.05, 0) is 72.5 Å². The molecule has 2 N–H and O–H groups in total. The number of allylic oxidation sites excluding steroid dienone is 2. The number of aliphatic carboxylic acids is 2. The number of carboxylic acids is 2. The van der Waals surface area contributed by atoms with Crippen molar-refractivity contribution >= 4 is 36.5 Å². The number of methoxy groups -OCH3 is 2. The van der Waals surface area contributed by atoms with Crippen LogP contribution >= 0.6 is 0 Å². The Morgan fingerprint density at radius 2 is 1.14 bits per heavy atom. The minimum atomic E-state index is -1.03. The van der Waals surface area contributed by atoms with Crippen LogP contribution in [0.4, 0.5) is 0 Å². The fraction of sp³-hybridized carbons (Fsp3) is 0.375. The summed E-state index contributed by atoms with van der Waals surface area (Å²) in [6, 6.07) is 6.06. The summed E-state index contributed by atoms with van der Waals surface area (Å²) < 4.78 is 13.8. The van der Waals surface area contributed by atoms with E-state index in [0.717, 1.165) is 48.2 Å². The van der Waals surface area contributed by atoms with Gasteiger partial charge in [-0.25, -0.2) is 9.15 Å². The number of aryl methyl sites for hydroxylation is 2. The maximum Gasteiger partial charge on any atom is 0.192 e. The van der Waals surface area contributed by atoms with Crippen molar-refractivity contribution in [1.29, 1.82) is 0 Å². The second-order valence-electron chi connectivity index (χ2n) is 10.2. The molecule has 10 nitrogen and oxygen atoms in total. The fourth-order valence-corrected chi connectivity index (χ4v) is 5.02. The zero-order valence-electron chi connectivity index (χ0n) is 24.4. The van der Waals surface area contributed by atoms with Gasteiger partial charge in [0.05, 0.1) is 14.2 Å². The third-order valence-electron chi connectivity index (χ3n) is 7.28. The van der Waals surface area contributed by atoms with Gasteiger partial charge in [0.15, 0.2) is 47.5 Å². The van der Waals surface area contributed by atoms with Crippen LogP contribution in [0.5, 0.6) is 23.0 Å². The van der Waals surface area contributed by atoms with Gasteiger partial charge in [0, 0.05) is 37.8 Å². The molecule has 2 atom stereocenters. The SMILES string of the molecule is COc1cc(/C=C/C=[N+]2CCC[C@H]2C(=O)[O-])cc(C)c1O.COc1cc(/C=C/C=[N+]2CCC[C@H]2C(=O)[O-])cc(C)c1O. The maximum atomic E-state index is 11.0. The second kappa shape index (κ2) is 14.9. The Hall–Kier alpha value is -4.60. The summed E-state index contributed by atoms with van der Waals surface area (Å²) in [5.41, 5.74) is 3.20. The van der Waals surface area contributed by atoms with Gasteiger partial charge in [-0.2, -0.15) is 0 Å². The Bertz CT molecular complexity index is 1320. The van der Waals surface area contributed by atoms with Crippen LogP contribution < -0.4 is 19.7 Å². The Kier molecular flexibility index (Phi) is 11.3. The molecule has 42 heavy (non-hydrogen) atoms. The molecule has 0 bridgehead atoms. The number of carbonyl (C=O) groups excluding carboxylic acids is 2. The van der Waals surface area contributed by atoms with Gasteiger partial charge in [-0.1, -0.05) is 0 Å². The molecule has 2 fully saturated rings. The van der Waals surface area contributed by atoms with Crippen LogP contribution in [-0.2, 0) is 9.59 Å². The van der Waals surface area contributed by atoms with Crippen molar-refractivity contribution in [1.82, 2.24) is 0 Å². The standard InChI is InChI=1S/2C16H19NO4/c2*1-11-9-12(10-14(21-2)15(11)18)5-3-7-17-8-4-6-13(17)16(19)20/h2*3,5,7,9-10,13H,4,6,8H2,1-2H3,(H,19,20)/t2*13-/m00/s1. The van der Waals surface area contributed by atoms with E-state index in [-0.39, 0.29) is 11.5 Å². The molecule has 4 rings (SSSR count). The lowest BCUT2D eigenvalue weighted by Crippen LogP contribution is -2.40. The van der Waals surface area contributed by atoms with E-state index >= 15 is 0 Å². The predicted octanol–water partition coefficient (Wildman–Crippen LogP) is 1.44. The summed E-state index contributed by atoms with van der Waals surface area (Å²) in [5, 5.41) is 41.5. The average Bonchev–Trinajstić information content (AvgIpc) is 3.63. The van der Waals surface area contributed by atoms with Crippen molar-refractivity contribution in [2.75, 3.05) is 27.3 Å². The molecular weight excluding hydrogens is 540 g/mol. The number of ether oxygens (including phenoxy) is 2. The number of hydrogen-bond donors (Lipinski definition) is 2. The van der Waals surface area contributed by atoms with E-state index in [1.165, 1.54) is 14.2 Å². The highest BCUT2D eigenvalue weighted by molar-refractivity contribution is 5.78. The molecule has 224 valence electrons. The van der Waals surface area contributed by atoms with Crippen LogP contribution in [-0.4, -0.2) is 83.1 Å². The van der Waals surface area contributed by atoms with Gasteiger partial charge >= 0.3 is 0 Å². The highest BCUT2D eigenvalue weighted by Gasteiger charge is 2.28. The largest absolute Gasteiger partial charge is 0.543 e. The van der Waals surface area contributed by atoms with Gasteiger partial charge in [-0.15, -0.1) is 0 Å². The quantitative estimate of drug-likeness (QED) is 0.448. The van der Waals surface area contributed by atoms with Crippen LogP contribution in [0.3, 0.4) is 0 Å². The summed E-state index contributed by atoms with van der Waals surface area (Å²) in [7, 11) is 3.01. The molecule has 0 aliphatic carbocycles. The predicted molar refractivity (Wildman–Crippen MR) is 155 cm³/mol. The number of aromatic hydroxyl groups is 2. The first-order valence-corrected chi connectivity index (χ1v) is 13.8.